The molecule has 0 spiro atoms. The van der Waals surface area contributed by atoms with Crippen molar-refractivity contribution in [2.45, 2.75) is 57.5 Å². The number of hydrogen-bond donors (Lipinski definition) is 1. The summed E-state index contributed by atoms with van der Waals surface area (Å²) in [5.41, 5.74) is 6.02. The number of hydrogen-bond acceptors (Lipinski definition) is 4. The molecule has 20 heavy (non-hydrogen) atoms. The zero-order valence-electron chi connectivity index (χ0n) is 13.2. The second-order valence-corrected chi connectivity index (χ2v) is 6.32. The first-order valence-corrected chi connectivity index (χ1v) is 8.61. The molecular formula is C16H33N3O. The summed E-state index contributed by atoms with van der Waals surface area (Å²) in [6, 6.07) is 1.35. The Kier molecular flexibility index (Phi) is 7.28. The monoisotopic (exact) mass is 283 g/mol. The normalized spacial score (nSPS) is 27.0. The number of unbranched alkanes of at least 4 members (excludes halogenated alkanes) is 3. The second-order valence-electron chi connectivity index (χ2n) is 6.32. The maximum Gasteiger partial charge on any atom is 0.0594 e. The number of nitrogens with zero attached hydrogens (tertiary/aromatic N) is 2. The van der Waals surface area contributed by atoms with Gasteiger partial charge in [-0.25, -0.2) is 0 Å². The lowest BCUT2D eigenvalue weighted by Crippen LogP contribution is -2.46. The Morgan fingerprint density at radius 2 is 1.95 bits per heavy atom. The molecule has 0 radical (unpaired) electrons. The Labute approximate surface area is 124 Å². The molecular weight excluding hydrogens is 250 g/mol. The summed E-state index contributed by atoms with van der Waals surface area (Å²) in [6.45, 7) is 9.59. The zero-order chi connectivity index (χ0) is 14.2. The minimum Gasteiger partial charge on any atom is -0.379 e. The minimum atomic E-state index is 0.609. The summed E-state index contributed by atoms with van der Waals surface area (Å²) in [5, 5.41) is 0. The fourth-order valence-corrected chi connectivity index (χ4v) is 3.60. The van der Waals surface area contributed by atoms with E-state index in [1.54, 1.807) is 0 Å². The third-order valence-corrected chi connectivity index (χ3v) is 4.94. The summed E-state index contributed by atoms with van der Waals surface area (Å²) in [6.07, 6.45) is 7.99. The van der Waals surface area contributed by atoms with Gasteiger partial charge in [0.05, 0.1) is 13.2 Å². The van der Waals surface area contributed by atoms with E-state index in [-0.39, 0.29) is 0 Å². The quantitative estimate of drug-likeness (QED) is 0.688. The van der Waals surface area contributed by atoms with E-state index in [4.69, 9.17) is 10.5 Å². The van der Waals surface area contributed by atoms with Crippen LogP contribution >= 0.6 is 0 Å². The van der Waals surface area contributed by atoms with E-state index < -0.39 is 0 Å². The molecule has 2 saturated heterocycles. The minimum absolute atomic E-state index is 0.609. The lowest BCUT2D eigenvalue weighted by molar-refractivity contribution is 0.0176. The molecule has 4 heteroatoms. The SMILES string of the molecule is CCCCCCC(CN)N1CCC(N2CCOCC2)C1. The fraction of sp³-hybridized carbons (Fsp3) is 1.00. The first-order valence-electron chi connectivity index (χ1n) is 8.61. The Morgan fingerprint density at radius 1 is 1.15 bits per heavy atom. The average Bonchev–Trinajstić information content (AvgIpc) is 2.98. The van der Waals surface area contributed by atoms with E-state index in [0.29, 0.717) is 6.04 Å². The molecule has 0 aromatic carbocycles. The number of morpholine rings is 1. The van der Waals surface area contributed by atoms with Crippen LogP contribution in [0.1, 0.15) is 45.4 Å². The van der Waals surface area contributed by atoms with E-state index in [1.165, 1.54) is 51.6 Å². The van der Waals surface area contributed by atoms with E-state index in [9.17, 15) is 0 Å². The smallest absolute Gasteiger partial charge is 0.0594 e. The van der Waals surface area contributed by atoms with Crippen molar-refractivity contribution in [3.63, 3.8) is 0 Å². The maximum atomic E-state index is 6.02. The van der Waals surface area contributed by atoms with Gasteiger partial charge in [-0.2, -0.15) is 0 Å². The van der Waals surface area contributed by atoms with Gasteiger partial charge in [-0.3, -0.25) is 9.80 Å². The molecule has 2 fully saturated rings. The second kappa shape index (κ2) is 8.98. The molecule has 2 aliphatic heterocycles. The predicted molar refractivity (Wildman–Crippen MR) is 84.0 cm³/mol. The van der Waals surface area contributed by atoms with Gasteiger partial charge in [0, 0.05) is 44.8 Å². The molecule has 0 saturated carbocycles. The maximum absolute atomic E-state index is 6.02. The number of ether oxygens (including phenoxy) is 1. The van der Waals surface area contributed by atoms with Crippen molar-refractivity contribution in [2.24, 2.45) is 5.73 Å². The van der Waals surface area contributed by atoms with Crippen molar-refractivity contribution >= 4 is 0 Å². The van der Waals surface area contributed by atoms with Gasteiger partial charge in [0.15, 0.2) is 0 Å². The summed E-state index contributed by atoms with van der Waals surface area (Å²) in [7, 11) is 0. The first-order chi connectivity index (χ1) is 9.85. The van der Waals surface area contributed by atoms with Crippen molar-refractivity contribution in [1.82, 2.24) is 9.80 Å². The summed E-state index contributed by atoms with van der Waals surface area (Å²) >= 11 is 0. The van der Waals surface area contributed by atoms with Crippen molar-refractivity contribution in [3.8, 4) is 0 Å². The van der Waals surface area contributed by atoms with Crippen LogP contribution in [0.25, 0.3) is 0 Å². The highest BCUT2D eigenvalue weighted by atomic mass is 16.5. The topological polar surface area (TPSA) is 41.7 Å². The number of rotatable bonds is 8. The van der Waals surface area contributed by atoms with Gasteiger partial charge in [0.1, 0.15) is 0 Å². The fourth-order valence-electron chi connectivity index (χ4n) is 3.60. The Bertz CT molecular complexity index is 256. The van der Waals surface area contributed by atoms with Gasteiger partial charge in [-0.15, -0.1) is 0 Å². The van der Waals surface area contributed by atoms with E-state index >= 15 is 0 Å². The van der Waals surface area contributed by atoms with Crippen LogP contribution in [0.2, 0.25) is 0 Å². The van der Waals surface area contributed by atoms with Gasteiger partial charge in [0.25, 0.3) is 0 Å². The zero-order valence-corrected chi connectivity index (χ0v) is 13.2. The molecule has 2 aliphatic rings. The van der Waals surface area contributed by atoms with Gasteiger partial charge in [0.2, 0.25) is 0 Å². The number of likely N-dealkylation sites (tertiary alicyclic amines) is 1. The van der Waals surface area contributed by atoms with E-state index in [2.05, 4.69) is 16.7 Å². The molecule has 0 bridgehead atoms. The van der Waals surface area contributed by atoms with Crippen molar-refractivity contribution < 1.29 is 4.74 Å². The number of nitrogens with two attached hydrogens (primary N) is 1. The van der Waals surface area contributed by atoms with Gasteiger partial charge in [-0.05, 0) is 12.8 Å². The third kappa shape index (κ3) is 4.69. The van der Waals surface area contributed by atoms with E-state index in [0.717, 1.165) is 38.9 Å². The predicted octanol–water partition coefficient (Wildman–Crippen LogP) is 1.69. The highest BCUT2D eigenvalue weighted by molar-refractivity contribution is 4.88. The molecule has 2 heterocycles. The molecule has 2 N–H and O–H groups in total. The van der Waals surface area contributed by atoms with Crippen LogP contribution in [-0.2, 0) is 4.74 Å². The molecule has 0 aromatic rings. The van der Waals surface area contributed by atoms with Crippen LogP contribution in [0, 0.1) is 0 Å². The van der Waals surface area contributed by atoms with Crippen LogP contribution < -0.4 is 5.73 Å². The van der Waals surface area contributed by atoms with Crippen molar-refractivity contribution in [1.29, 1.82) is 0 Å². The van der Waals surface area contributed by atoms with Crippen LogP contribution in [0.15, 0.2) is 0 Å². The largest absolute Gasteiger partial charge is 0.379 e. The molecule has 0 aromatic heterocycles. The molecule has 118 valence electrons. The molecule has 0 aliphatic carbocycles. The van der Waals surface area contributed by atoms with Crippen molar-refractivity contribution in [2.75, 3.05) is 45.9 Å². The molecule has 4 nitrogen and oxygen atoms in total. The lowest BCUT2D eigenvalue weighted by atomic mass is 10.1. The van der Waals surface area contributed by atoms with Crippen LogP contribution in [0.3, 0.4) is 0 Å². The third-order valence-electron chi connectivity index (χ3n) is 4.94. The van der Waals surface area contributed by atoms with Gasteiger partial charge >= 0.3 is 0 Å². The molecule has 2 atom stereocenters. The van der Waals surface area contributed by atoms with Crippen LogP contribution in [0.4, 0.5) is 0 Å². The lowest BCUT2D eigenvalue weighted by Gasteiger charge is -2.33. The Hall–Kier alpha value is -0.160. The molecule has 2 unspecified atom stereocenters. The highest BCUT2D eigenvalue weighted by Gasteiger charge is 2.31. The Morgan fingerprint density at radius 3 is 2.65 bits per heavy atom. The first kappa shape index (κ1) is 16.2. The molecule has 2 rings (SSSR count). The van der Waals surface area contributed by atoms with Gasteiger partial charge in [-0.1, -0.05) is 32.6 Å². The summed E-state index contributed by atoms with van der Waals surface area (Å²) in [5.74, 6) is 0. The van der Waals surface area contributed by atoms with E-state index in [1.807, 2.05) is 0 Å². The highest BCUT2D eigenvalue weighted by Crippen LogP contribution is 2.21. The van der Waals surface area contributed by atoms with Gasteiger partial charge < -0.3 is 10.5 Å². The van der Waals surface area contributed by atoms with Crippen molar-refractivity contribution in [3.05, 3.63) is 0 Å². The average molecular weight is 283 g/mol. The van der Waals surface area contributed by atoms with Crippen LogP contribution in [0.5, 0.6) is 0 Å². The summed E-state index contributed by atoms with van der Waals surface area (Å²) < 4.78 is 5.46. The summed E-state index contributed by atoms with van der Waals surface area (Å²) in [4.78, 5) is 5.26. The molecule has 0 amide bonds. The standard InChI is InChI=1S/C16H33N3O/c1-2-3-4-5-6-15(13-17)19-8-7-16(14-19)18-9-11-20-12-10-18/h15-16H,2-14,17H2,1H3. The Balaban J connectivity index is 1.71. The van der Waals surface area contributed by atoms with Crippen LogP contribution in [-0.4, -0.2) is 67.8 Å².